The van der Waals surface area contributed by atoms with E-state index in [0.29, 0.717) is 18.6 Å². The summed E-state index contributed by atoms with van der Waals surface area (Å²) in [6.07, 6.45) is 1.36. The molecule has 2 unspecified atom stereocenters. The van der Waals surface area contributed by atoms with E-state index in [1.807, 2.05) is 0 Å². The molecule has 1 aliphatic heterocycles. The van der Waals surface area contributed by atoms with E-state index in [0.717, 1.165) is 19.6 Å². The lowest BCUT2D eigenvalue weighted by atomic mass is 9.94. The lowest BCUT2D eigenvalue weighted by Crippen LogP contribution is -2.30. The summed E-state index contributed by atoms with van der Waals surface area (Å²) in [5, 5.41) is 3.52. The predicted molar refractivity (Wildman–Crippen MR) is 77.1 cm³/mol. The van der Waals surface area contributed by atoms with Crippen molar-refractivity contribution in [3.05, 3.63) is 35.4 Å². The summed E-state index contributed by atoms with van der Waals surface area (Å²) in [6, 6.07) is 9.10. The van der Waals surface area contributed by atoms with Crippen LogP contribution in [-0.4, -0.2) is 26.3 Å². The summed E-state index contributed by atoms with van der Waals surface area (Å²) in [5.41, 5.74) is 2.49. The maximum absolute atomic E-state index is 5.94. The summed E-state index contributed by atoms with van der Waals surface area (Å²) in [6.45, 7) is 6.92. The van der Waals surface area contributed by atoms with Crippen molar-refractivity contribution in [2.45, 2.75) is 39.0 Å². The van der Waals surface area contributed by atoms with Gasteiger partial charge >= 0.3 is 0 Å². The molecule has 106 valence electrons. The van der Waals surface area contributed by atoms with E-state index in [4.69, 9.17) is 9.47 Å². The van der Waals surface area contributed by atoms with E-state index in [2.05, 4.69) is 43.4 Å². The molecular formula is C16H25NO2. The van der Waals surface area contributed by atoms with Crippen molar-refractivity contribution in [1.82, 2.24) is 5.32 Å². The van der Waals surface area contributed by atoms with E-state index >= 15 is 0 Å². The number of rotatable bonds is 6. The van der Waals surface area contributed by atoms with Crippen molar-refractivity contribution in [2.24, 2.45) is 5.92 Å². The number of nitrogens with one attached hydrogen (secondary N) is 1. The Hall–Kier alpha value is -0.900. The Bertz CT molecular complexity index is 392. The maximum atomic E-state index is 5.94. The lowest BCUT2D eigenvalue weighted by molar-refractivity contribution is 0.0898. The number of methoxy groups -OCH3 is 1. The van der Waals surface area contributed by atoms with Gasteiger partial charge in [-0.15, -0.1) is 0 Å². The van der Waals surface area contributed by atoms with E-state index in [9.17, 15) is 0 Å². The smallest absolute Gasteiger partial charge is 0.0866 e. The molecule has 1 aliphatic rings. The highest BCUT2D eigenvalue weighted by molar-refractivity contribution is 5.26. The molecule has 2 rings (SSSR count). The molecule has 3 heteroatoms. The Morgan fingerprint density at radius 1 is 1.42 bits per heavy atom. The first-order valence-corrected chi connectivity index (χ1v) is 7.13. The molecule has 0 aliphatic carbocycles. The van der Waals surface area contributed by atoms with Gasteiger partial charge in [-0.05, 0) is 17.5 Å². The second-order valence-electron chi connectivity index (χ2n) is 5.58. The van der Waals surface area contributed by atoms with Crippen LogP contribution in [0.15, 0.2) is 24.3 Å². The molecule has 2 atom stereocenters. The largest absolute Gasteiger partial charge is 0.380 e. The molecule has 1 fully saturated rings. The average Bonchev–Trinajstić information content (AvgIpc) is 2.85. The highest BCUT2D eigenvalue weighted by atomic mass is 16.5. The monoisotopic (exact) mass is 263 g/mol. The summed E-state index contributed by atoms with van der Waals surface area (Å²) in [7, 11) is 1.73. The molecule has 1 aromatic rings. The molecule has 0 amide bonds. The molecule has 1 saturated heterocycles. The molecule has 0 spiro atoms. The minimum atomic E-state index is 0.225. The molecule has 0 bridgehead atoms. The maximum Gasteiger partial charge on any atom is 0.0866 e. The zero-order valence-electron chi connectivity index (χ0n) is 12.2. The van der Waals surface area contributed by atoms with Crippen molar-refractivity contribution in [3.63, 3.8) is 0 Å². The van der Waals surface area contributed by atoms with Crippen LogP contribution < -0.4 is 5.32 Å². The predicted octanol–water partition coefficient (Wildman–Crippen LogP) is 2.91. The number of benzene rings is 1. The SMILES string of the molecule is COCc1cccc(C2OCCC2CNC(C)C)c1. The Kier molecular flexibility index (Phi) is 5.37. The molecule has 1 heterocycles. The summed E-state index contributed by atoms with van der Waals surface area (Å²) in [5.74, 6) is 0.570. The van der Waals surface area contributed by atoms with E-state index < -0.39 is 0 Å². The van der Waals surface area contributed by atoms with Gasteiger partial charge in [0.25, 0.3) is 0 Å². The van der Waals surface area contributed by atoms with Crippen LogP contribution in [0.2, 0.25) is 0 Å². The van der Waals surface area contributed by atoms with E-state index in [-0.39, 0.29) is 6.10 Å². The van der Waals surface area contributed by atoms with Gasteiger partial charge in [0.2, 0.25) is 0 Å². The number of hydrogen-bond donors (Lipinski definition) is 1. The summed E-state index contributed by atoms with van der Waals surface area (Å²) >= 11 is 0. The van der Waals surface area contributed by atoms with E-state index in [1.54, 1.807) is 7.11 Å². The molecular weight excluding hydrogens is 238 g/mol. The molecule has 1 aromatic carbocycles. The van der Waals surface area contributed by atoms with Gasteiger partial charge in [-0.3, -0.25) is 0 Å². The van der Waals surface area contributed by atoms with Gasteiger partial charge < -0.3 is 14.8 Å². The first kappa shape index (κ1) is 14.5. The first-order chi connectivity index (χ1) is 9.20. The van der Waals surface area contributed by atoms with Gasteiger partial charge in [0.1, 0.15) is 0 Å². The van der Waals surface area contributed by atoms with Gasteiger partial charge in [-0.25, -0.2) is 0 Å². The van der Waals surface area contributed by atoms with Gasteiger partial charge in [0.05, 0.1) is 12.7 Å². The third-order valence-electron chi connectivity index (χ3n) is 3.59. The normalized spacial score (nSPS) is 23.2. The van der Waals surface area contributed by atoms with Crippen molar-refractivity contribution in [3.8, 4) is 0 Å². The minimum Gasteiger partial charge on any atom is -0.380 e. The molecule has 3 nitrogen and oxygen atoms in total. The van der Waals surface area contributed by atoms with Crippen LogP contribution >= 0.6 is 0 Å². The molecule has 19 heavy (non-hydrogen) atoms. The van der Waals surface area contributed by atoms with Crippen LogP contribution in [0.3, 0.4) is 0 Å². The summed E-state index contributed by atoms with van der Waals surface area (Å²) < 4.78 is 11.1. The number of ether oxygens (including phenoxy) is 2. The average molecular weight is 263 g/mol. The minimum absolute atomic E-state index is 0.225. The highest BCUT2D eigenvalue weighted by Crippen LogP contribution is 2.34. The fourth-order valence-corrected chi connectivity index (χ4v) is 2.62. The van der Waals surface area contributed by atoms with Crippen LogP contribution in [0.1, 0.15) is 37.5 Å². The van der Waals surface area contributed by atoms with Crippen molar-refractivity contribution >= 4 is 0 Å². The van der Waals surface area contributed by atoms with E-state index in [1.165, 1.54) is 11.1 Å². The second kappa shape index (κ2) is 7.04. The van der Waals surface area contributed by atoms with Crippen molar-refractivity contribution < 1.29 is 9.47 Å². The number of hydrogen-bond acceptors (Lipinski definition) is 3. The molecule has 0 aromatic heterocycles. The highest BCUT2D eigenvalue weighted by Gasteiger charge is 2.29. The lowest BCUT2D eigenvalue weighted by Gasteiger charge is -2.21. The third kappa shape index (κ3) is 4.03. The first-order valence-electron chi connectivity index (χ1n) is 7.13. The van der Waals surface area contributed by atoms with Crippen LogP contribution in [-0.2, 0) is 16.1 Å². The van der Waals surface area contributed by atoms with Crippen molar-refractivity contribution in [2.75, 3.05) is 20.3 Å². The fraction of sp³-hybridized carbons (Fsp3) is 0.625. The second-order valence-corrected chi connectivity index (χ2v) is 5.58. The third-order valence-corrected chi connectivity index (χ3v) is 3.59. The van der Waals surface area contributed by atoms with Crippen LogP contribution in [0.25, 0.3) is 0 Å². The fourth-order valence-electron chi connectivity index (χ4n) is 2.62. The van der Waals surface area contributed by atoms with Crippen LogP contribution in [0, 0.1) is 5.92 Å². The topological polar surface area (TPSA) is 30.5 Å². The Morgan fingerprint density at radius 2 is 2.26 bits per heavy atom. The Balaban J connectivity index is 2.04. The molecule has 1 N–H and O–H groups in total. The Morgan fingerprint density at radius 3 is 3.00 bits per heavy atom. The molecule has 0 radical (unpaired) electrons. The zero-order valence-corrected chi connectivity index (χ0v) is 12.2. The quantitative estimate of drug-likeness (QED) is 0.856. The van der Waals surface area contributed by atoms with Gasteiger partial charge in [0, 0.05) is 32.2 Å². The summed E-state index contributed by atoms with van der Waals surface area (Å²) in [4.78, 5) is 0. The van der Waals surface area contributed by atoms with Crippen LogP contribution in [0.5, 0.6) is 0 Å². The standard InChI is InChI=1S/C16H25NO2/c1-12(2)17-10-15-7-8-19-16(15)14-6-4-5-13(9-14)11-18-3/h4-6,9,12,15-17H,7-8,10-11H2,1-3H3. The van der Waals surface area contributed by atoms with Gasteiger partial charge in [-0.1, -0.05) is 38.1 Å². The zero-order chi connectivity index (χ0) is 13.7. The molecule has 0 saturated carbocycles. The van der Waals surface area contributed by atoms with Gasteiger partial charge in [0.15, 0.2) is 0 Å². The van der Waals surface area contributed by atoms with Crippen LogP contribution in [0.4, 0.5) is 0 Å². The Labute approximate surface area is 116 Å². The van der Waals surface area contributed by atoms with Gasteiger partial charge in [-0.2, -0.15) is 0 Å². The van der Waals surface area contributed by atoms with Crippen molar-refractivity contribution in [1.29, 1.82) is 0 Å².